The van der Waals surface area contributed by atoms with Gasteiger partial charge >= 0.3 is 0 Å². The van der Waals surface area contributed by atoms with E-state index < -0.39 is 0 Å². The number of carbonyl (C=O) groups excluding carboxylic acids is 2. The normalized spacial score (nSPS) is 28.4. The Bertz CT molecular complexity index is 518. The maximum atomic E-state index is 12.1. The van der Waals surface area contributed by atoms with Crippen molar-refractivity contribution in [2.24, 2.45) is 0 Å². The fourth-order valence-electron chi connectivity index (χ4n) is 3.34. The quantitative estimate of drug-likeness (QED) is 0.752. The first-order chi connectivity index (χ1) is 10.2. The zero-order valence-electron chi connectivity index (χ0n) is 12.0. The summed E-state index contributed by atoms with van der Waals surface area (Å²) < 4.78 is 0. The minimum absolute atomic E-state index is 0.00126. The van der Waals surface area contributed by atoms with E-state index >= 15 is 0 Å². The van der Waals surface area contributed by atoms with Crippen LogP contribution in [-0.2, 0) is 9.59 Å². The lowest BCUT2D eigenvalue weighted by Gasteiger charge is -2.37. The van der Waals surface area contributed by atoms with Crippen molar-refractivity contribution < 1.29 is 14.9 Å². The second-order valence-corrected chi connectivity index (χ2v) is 5.98. The highest BCUT2D eigenvalue weighted by Gasteiger charge is 2.40. The fourth-order valence-corrected chi connectivity index (χ4v) is 3.34. The number of piperazine rings is 1. The molecule has 1 aromatic carbocycles. The second-order valence-electron chi connectivity index (χ2n) is 5.98. The van der Waals surface area contributed by atoms with Gasteiger partial charge in [0.2, 0.25) is 5.91 Å². The molecule has 1 saturated carbocycles. The predicted molar refractivity (Wildman–Crippen MR) is 79.6 cm³/mol. The highest BCUT2D eigenvalue weighted by molar-refractivity contribution is 5.95. The maximum absolute atomic E-state index is 12.1. The van der Waals surface area contributed by atoms with E-state index in [2.05, 4.69) is 16.0 Å². The van der Waals surface area contributed by atoms with Crippen LogP contribution >= 0.6 is 0 Å². The molecule has 3 rings (SSSR count). The zero-order chi connectivity index (χ0) is 14.7. The zero-order valence-corrected chi connectivity index (χ0v) is 12.0. The lowest BCUT2D eigenvalue weighted by atomic mass is 9.87. The average Bonchev–Trinajstić information content (AvgIpc) is 2.49. The van der Waals surface area contributed by atoms with Gasteiger partial charge in [-0.25, -0.2) is 0 Å². The van der Waals surface area contributed by atoms with Crippen molar-refractivity contribution in [1.82, 2.24) is 5.32 Å². The van der Waals surface area contributed by atoms with Gasteiger partial charge in [0.1, 0.15) is 6.04 Å². The van der Waals surface area contributed by atoms with Crippen molar-refractivity contribution >= 4 is 17.5 Å². The third-order valence-corrected chi connectivity index (χ3v) is 4.43. The van der Waals surface area contributed by atoms with E-state index in [-0.39, 0.29) is 24.3 Å². The van der Waals surface area contributed by atoms with Gasteiger partial charge in [-0.1, -0.05) is 24.6 Å². The molecule has 1 aliphatic carbocycles. The molecule has 4 N–H and O–H groups in total. The first kappa shape index (κ1) is 14.1. The Morgan fingerprint density at radius 2 is 2.00 bits per heavy atom. The fraction of sp³-hybridized carbons (Fsp3) is 0.500. The number of quaternary nitrogens is 1. The Balaban J connectivity index is 1.56. The second kappa shape index (κ2) is 6.26. The topological polar surface area (TPSA) is 74.8 Å². The van der Waals surface area contributed by atoms with Gasteiger partial charge in [-0.3, -0.25) is 9.59 Å². The van der Waals surface area contributed by atoms with E-state index in [1.165, 1.54) is 12.8 Å². The molecular formula is C16H22N3O2+. The van der Waals surface area contributed by atoms with Crippen LogP contribution in [-0.4, -0.2) is 29.9 Å². The standard InChI is InChI=1S/C16H21N3O2/c20-15(17-11-6-2-1-3-7-11)10-14-16(21)19-13-9-5-4-8-12(13)18-14/h1-3,6-7,12-14,18H,4-5,8-10H2,(H,17,20)(H,19,21)/p+1/t12-,13+,14+/m0/s1. The summed E-state index contributed by atoms with van der Waals surface area (Å²) in [6.45, 7) is 0. The van der Waals surface area contributed by atoms with Gasteiger partial charge in [-0.15, -0.1) is 0 Å². The highest BCUT2D eigenvalue weighted by Crippen LogP contribution is 2.18. The summed E-state index contributed by atoms with van der Waals surface area (Å²) in [4.78, 5) is 24.2. The van der Waals surface area contributed by atoms with Crippen LogP contribution in [0.15, 0.2) is 30.3 Å². The van der Waals surface area contributed by atoms with Crippen molar-refractivity contribution in [3.05, 3.63) is 30.3 Å². The molecule has 112 valence electrons. The third kappa shape index (κ3) is 3.42. The van der Waals surface area contributed by atoms with Crippen LogP contribution in [0.5, 0.6) is 0 Å². The molecule has 0 radical (unpaired) electrons. The van der Waals surface area contributed by atoms with Gasteiger partial charge in [0.15, 0.2) is 6.04 Å². The number of amides is 2. The Kier molecular flexibility index (Phi) is 4.20. The van der Waals surface area contributed by atoms with Crippen LogP contribution in [0, 0.1) is 0 Å². The summed E-state index contributed by atoms with van der Waals surface area (Å²) in [6, 6.07) is 9.78. The van der Waals surface area contributed by atoms with E-state index in [9.17, 15) is 9.59 Å². The number of para-hydroxylation sites is 1. The van der Waals surface area contributed by atoms with Crippen molar-refractivity contribution in [2.45, 2.75) is 50.2 Å². The maximum Gasteiger partial charge on any atom is 0.279 e. The minimum atomic E-state index is -0.298. The number of hydrogen-bond donors (Lipinski definition) is 3. The van der Waals surface area contributed by atoms with Crippen LogP contribution < -0.4 is 16.0 Å². The summed E-state index contributed by atoms with van der Waals surface area (Å²) in [6.07, 6.45) is 4.83. The third-order valence-electron chi connectivity index (χ3n) is 4.43. The Labute approximate surface area is 124 Å². The molecule has 2 amide bonds. The van der Waals surface area contributed by atoms with Gasteiger partial charge < -0.3 is 16.0 Å². The highest BCUT2D eigenvalue weighted by atomic mass is 16.2. The average molecular weight is 288 g/mol. The van der Waals surface area contributed by atoms with Crippen LogP contribution in [0.1, 0.15) is 32.1 Å². The van der Waals surface area contributed by atoms with E-state index in [0.717, 1.165) is 18.5 Å². The summed E-state index contributed by atoms with van der Waals surface area (Å²) in [7, 11) is 0. The first-order valence-corrected chi connectivity index (χ1v) is 7.72. The number of hydrogen-bond acceptors (Lipinski definition) is 2. The van der Waals surface area contributed by atoms with Crippen LogP contribution in [0.3, 0.4) is 0 Å². The van der Waals surface area contributed by atoms with Crippen molar-refractivity contribution in [3.63, 3.8) is 0 Å². The van der Waals surface area contributed by atoms with Crippen LogP contribution in [0.25, 0.3) is 0 Å². The number of anilines is 1. The molecule has 21 heavy (non-hydrogen) atoms. The molecule has 3 atom stereocenters. The smallest absolute Gasteiger partial charge is 0.279 e. The lowest BCUT2D eigenvalue weighted by molar-refractivity contribution is -0.718. The van der Waals surface area contributed by atoms with Crippen molar-refractivity contribution in [1.29, 1.82) is 0 Å². The summed E-state index contributed by atoms with van der Waals surface area (Å²) in [5.74, 6) is -0.103. The van der Waals surface area contributed by atoms with Gasteiger partial charge in [0, 0.05) is 12.1 Å². The van der Waals surface area contributed by atoms with Gasteiger partial charge in [-0.05, 0) is 25.0 Å². The van der Waals surface area contributed by atoms with Crippen LogP contribution in [0.4, 0.5) is 5.69 Å². The molecule has 5 heteroatoms. The molecule has 2 aliphatic rings. The Hall–Kier alpha value is -1.88. The molecule has 1 saturated heterocycles. The molecule has 1 aliphatic heterocycles. The predicted octanol–water partition coefficient (Wildman–Crippen LogP) is 0.388. The molecule has 0 bridgehead atoms. The monoisotopic (exact) mass is 288 g/mol. The number of rotatable bonds is 3. The molecule has 5 nitrogen and oxygen atoms in total. The summed E-state index contributed by atoms with van der Waals surface area (Å²) >= 11 is 0. The first-order valence-electron chi connectivity index (χ1n) is 7.72. The Morgan fingerprint density at radius 1 is 1.24 bits per heavy atom. The van der Waals surface area contributed by atoms with E-state index in [1.54, 1.807) is 0 Å². The largest absolute Gasteiger partial charge is 0.342 e. The summed E-state index contributed by atoms with van der Waals surface area (Å²) in [5.41, 5.74) is 0.772. The van der Waals surface area contributed by atoms with Crippen molar-refractivity contribution in [2.75, 3.05) is 5.32 Å². The molecule has 1 heterocycles. The van der Waals surface area contributed by atoms with E-state index in [4.69, 9.17) is 0 Å². The molecular weight excluding hydrogens is 266 g/mol. The van der Waals surface area contributed by atoms with E-state index in [0.29, 0.717) is 12.1 Å². The number of fused-ring (bicyclic) bond motifs is 1. The van der Waals surface area contributed by atoms with Crippen LogP contribution in [0.2, 0.25) is 0 Å². The van der Waals surface area contributed by atoms with Gasteiger partial charge in [-0.2, -0.15) is 0 Å². The lowest BCUT2D eigenvalue weighted by Crippen LogP contribution is -3.03. The number of nitrogens with one attached hydrogen (secondary N) is 2. The summed E-state index contributed by atoms with van der Waals surface area (Å²) in [5, 5.41) is 8.03. The molecule has 0 unspecified atom stereocenters. The van der Waals surface area contributed by atoms with Crippen molar-refractivity contribution in [3.8, 4) is 0 Å². The minimum Gasteiger partial charge on any atom is -0.342 e. The number of nitrogens with two attached hydrogens (primary N) is 1. The molecule has 2 fully saturated rings. The SMILES string of the molecule is O=C(C[C@H]1[NH2+][C@H]2CCCC[C@H]2NC1=O)Nc1ccccc1. The molecule has 0 aromatic heterocycles. The van der Waals surface area contributed by atoms with Gasteiger partial charge in [0.25, 0.3) is 5.91 Å². The molecule has 0 spiro atoms. The number of carbonyl (C=O) groups is 2. The number of benzene rings is 1. The van der Waals surface area contributed by atoms with Gasteiger partial charge in [0.05, 0.1) is 12.5 Å². The molecule has 1 aromatic rings. The Morgan fingerprint density at radius 3 is 2.81 bits per heavy atom. The van der Waals surface area contributed by atoms with E-state index in [1.807, 2.05) is 30.3 Å².